The van der Waals surface area contributed by atoms with Crippen LogP contribution in [0.5, 0.6) is 0 Å². The van der Waals surface area contributed by atoms with Crippen molar-refractivity contribution in [2.45, 2.75) is 0 Å². The molecule has 1 rings (SSSR count). The normalized spacial score (nSPS) is 9.11. The van der Waals surface area contributed by atoms with Gasteiger partial charge in [0.2, 0.25) is 0 Å². The van der Waals surface area contributed by atoms with Gasteiger partial charge in [-0.2, -0.15) is 0 Å². The van der Waals surface area contributed by atoms with E-state index < -0.39 is 11.9 Å². The van der Waals surface area contributed by atoms with Crippen LogP contribution in [0.2, 0.25) is 0 Å². The number of hydrogen-bond acceptors (Lipinski definition) is 2. The summed E-state index contributed by atoms with van der Waals surface area (Å²) >= 11 is 0. The van der Waals surface area contributed by atoms with Gasteiger partial charge in [0.15, 0.2) is 0 Å². The van der Waals surface area contributed by atoms with Crippen molar-refractivity contribution in [2.75, 3.05) is 0 Å². The van der Waals surface area contributed by atoms with E-state index in [1.54, 1.807) is 0 Å². The summed E-state index contributed by atoms with van der Waals surface area (Å²) in [5, 5.41) is 15.6. The van der Waals surface area contributed by atoms with Crippen LogP contribution in [0.1, 0.15) is 11.1 Å². The van der Waals surface area contributed by atoms with Gasteiger partial charge in [-0.15, -0.1) is 0 Å². The maximum atomic E-state index is 9.55. The van der Waals surface area contributed by atoms with Crippen molar-refractivity contribution in [3.63, 3.8) is 0 Å². The summed E-state index contributed by atoms with van der Waals surface area (Å²) in [5.41, 5.74) is 2.27. The lowest BCUT2D eigenvalue weighted by molar-refractivity contribution is -0.134. The molecule has 1 aromatic carbocycles. The van der Waals surface area contributed by atoms with E-state index in [1.807, 2.05) is 36.4 Å². The second-order valence-electron chi connectivity index (χ2n) is 3.05. The smallest absolute Gasteiger partial charge is 0.328 e. The van der Waals surface area contributed by atoms with Gasteiger partial charge >= 0.3 is 11.9 Å². The molecule has 4 heteroatoms. The van der Waals surface area contributed by atoms with Gasteiger partial charge in [-0.3, -0.25) is 0 Å². The van der Waals surface area contributed by atoms with Crippen molar-refractivity contribution < 1.29 is 19.8 Å². The quantitative estimate of drug-likeness (QED) is 0.801. The zero-order valence-corrected chi connectivity index (χ0v) is 9.74. The Kier molecular flexibility index (Phi) is 7.28. The Morgan fingerprint density at radius 2 is 1.22 bits per heavy atom. The molecule has 0 aliphatic carbocycles. The van der Waals surface area contributed by atoms with Gasteiger partial charge in [-0.25, -0.2) is 9.59 Å². The maximum Gasteiger partial charge on any atom is 0.328 e. The largest absolute Gasteiger partial charge is 0.478 e. The average molecular weight is 246 g/mol. The molecule has 4 nitrogen and oxygen atoms in total. The van der Waals surface area contributed by atoms with Crippen LogP contribution in [0.25, 0.3) is 12.2 Å². The summed E-state index contributed by atoms with van der Waals surface area (Å²) in [7, 11) is 0. The number of carboxylic acids is 2. The Hall–Kier alpha value is -2.62. The number of carbonyl (C=O) groups is 2. The number of hydrogen-bond donors (Lipinski definition) is 2. The van der Waals surface area contributed by atoms with E-state index in [1.165, 1.54) is 0 Å². The summed E-state index contributed by atoms with van der Waals surface area (Å²) in [6, 6.07) is 8.02. The van der Waals surface area contributed by atoms with E-state index >= 15 is 0 Å². The minimum Gasteiger partial charge on any atom is -0.478 e. The first-order valence-electron chi connectivity index (χ1n) is 4.99. The molecule has 18 heavy (non-hydrogen) atoms. The highest BCUT2D eigenvalue weighted by atomic mass is 16.4. The molecule has 0 fully saturated rings. The standard InChI is InChI=1S/C10H10.C4H4O4/c1-3-9-7-5-6-8-10(9)4-2;5-3(6)1-2-4(7)8/h3-8H,1-2H2;1-2H,(H,5,6)(H,7,8). The van der Waals surface area contributed by atoms with Crippen molar-refractivity contribution in [3.05, 3.63) is 60.7 Å². The van der Waals surface area contributed by atoms with E-state index in [0.717, 1.165) is 11.1 Å². The van der Waals surface area contributed by atoms with Crippen LogP contribution in [-0.2, 0) is 9.59 Å². The molecular weight excluding hydrogens is 232 g/mol. The van der Waals surface area contributed by atoms with Gasteiger partial charge in [-0.1, -0.05) is 49.6 Å². The van der Waals surface area contributed by atoms with E-state index in [0.29, 0.717) is 12.2 Å². The fourth-order valence-electron chi connectivity index (χ4n) is 1.03. The molecule has 0 atom stereocenters. The molecule has 0 spiro atoms. The third kappa shape index (κ3) is 6.79. The third-order valence-corrected chi connectivity index (χ3v) is 1.80. The summed E-state index contributed by atoms with van der Waals surface area (Å²) in [5.74, 6) is -2.51. The van der Waals surface area contributed by atoms with Crippen LogP contribution in [0, 0.1) is 0 Å². The van der Waals surface area contributed by atoms with Crippen molar-refractivity contribution in [1.29, 1.82) is 0 Å². The lowest BCUT2D eigenvalue weighted by Crippen LogP contribution is -1.91. The minimum absolute atomic E-state index is 0.558. The number of rotatable bonds is 4. The lowest BCUT2D eigenvalue weighted by atomic mass is 10.1. The zero-order valence-electron chi connectivity index (χ0n) is 9.74. The highest BCUT2D eigenvalue weighted by Gasteiger charge is 1.89. The highest BCUT2D eigenvalue weighted by Crippen LogP contribution is 2.10. The Labute approximate surface area is 105 Å². The molecule has 0 aliphatic rings. The van der Waals surface area contributed by atoms with Crippen molar-refractivity contribution in [3.8, 4) is 0 Å². The summed E-state index contributed by atoms with van der Waals surface area (Å²) < 4.78 is 0. The molecule has 0 saturated heterocycles. The molecule has 0 aliphatic heterocycles. The predicted octanol–water partition coefficient (Wildman–Crippen LogP) is 2.68. The fraction of sp³-hybridized carbons (Fsp3) is 0. The van der Waals surface area contributed by atoms with Crippen LogP contribution in [-0.4, -0.2) is 22.2 Å². The van der Waals surface area contributed by atoms with Gasteiger partial charge in [-0.05, 0) is 11.1 Å². The van der Waals surface area contributed by atoms with E-state index in [9.17, 15) is 9.59 Å². The Bertz CT molecular complexity index is 429. The molecule has 0 aromatic heterocycles. The Morgan fingerprint density at radius 3 is 1.44 bits per heavy atom. The molecule has 0 radical (unpaired) electrons. The lowest BCUT2D eigenvalue weighted by Gasteiger charge is -1.96. The predicted molar refractivity (Wildman–Crippen MR) is 71.0 cm³/mol. The first kappa shape index (κ1) is 15.4. The topological polar surface area (TPSA) is 74.6 Å². The number of carboxylic acid groups (broad SMARTS) is 2. The van der Waals surface area contributed by atoms with Crippen LogP contribution in [0.4, 0.5) is 0 Å². The second kappa shape index (κ2) is 8.52. The maximum absolute atomic E-state index is 9.55. The molecule has 0 bridgehead atoms. The van der Waals surface area contributed by atoms with Gasteiger partial charge in [0.25, 0.3) is 0 Å². The second-order valence-corrected chi connectivity index (χ2v) is 3.05. The summed E-state index contributed by atoms with van der Waals surface area (Å²) in [6.07, 6.45) is 4.78. The molecule has 1 aromatic rings. The SMILES string of the molecule is C=Cc1ccccc1C=C.O=C(O)C=CC(=O)O. The van der Waals surface area contributed by atoms with Gasteiger partial charge in [0.05, 0.1) is 0 Å². The zero-order chi connectivity index (χ0) is 14.0. The molecule has 0 saturated carbocycles. The molecular formula is C14H14O4. The van der Waals surface area contributed by atoms with Gasteiger partial charge in [0.1, 0.15) is 0 Å². The van der Waals surface area contributed by atoms with Crippen molar-refractivity contribution in [2.24, 2.45) is 0 Å². The van der Waals surface area contributed by atoms with Crippen LogP contribution in [0.15, 0.2) is 49.6 Å². The molecule has 0 amide bonds. The fourth-order valence-corrected chi connectivity index (χ4v) is 1.03. The van der Waals surface area contributed by atoms with Crippen molar-refractivity contribution >= 4 is 24.1 Å². The van der Waals surface area contributed by atoms with Crippen LogP contribution < -0.4 is 0 Å². The van der Waals surface area contributed by atoms with Crippen molar-refractivity contribution in [1.82, 2.24) is 0 Å². The van der Waals surface area contributed by atoms with Gasteiger partial charge in [0, 0.05) is 12.2 Å². The Balaban J connectivity index is 0.000000331. The average Bonchev–Trinajstić information content (AvgIpc) is 2.37. The molecule has 0 unspecified atom stereocenters. The summed E-state index contributed by atoms with van der Waals surface area (Å²) in [4.78, 5) is 19.1. The van der Waals surface area contributed by atoms with E-state index in [-0.39, 0.29) is 0 Å². The van der Waals surface area contributed by atoms with E-state index in [4.69, 9.17) is 10.2 Å². The highest BCUT2D eigenvalue weighted by molar-refractivity contribution is 5.89. The van der Waals surface area contributed by atoms with Crippen LogP contribution in [0.3, 0.4) is 0 Å². The Morgan fingerprint density at radius 1 is 0.889 bits per heavy atom. The molecule has 94 valence electrons. The molecule has 0 heterocycles. The first-order valence-corrected chi connectivity index (χ1v) is 4.99. The molecule has 2 N–H and O–H groups in total. The van der Waals surface area contributed by atoms with E-state index in [2.05, 4.69) is 13.2 Å². The van der Waals surface area contributed by atoms with Gasteiger partial charge < -0.3 is 10.2 Å². The first-order chi connectivity index (χ1) is 8.51. The van der Waals surface area contributed by atoms with Crippen LogP contribution >= 0.6 is 0 Å². The minimum atomic E-state index is -1.26. The number of benzene rings is 1. The monoisotopic (exact) mass is 246 g/mol. The summed E-state index contributed by atoms with van der Waals surface area (Å²) in [6.45, 7) is 7.38. The number of aliphatic carboxylic acids is 2. The third-order valence-electron chi connectivity index (χ3n) is 1.80.